The van der Waals surface area contributed by atoms with Gasteiger partial charge in [-0.3, -0.25) is 9.48 Å². The fraction of sp³-hybridized carbons (Fsp3) is 0.636. The molecule has 5 nitrogen and oxygen atoms in total. The molecule has 1 aromatic rings. The first-order chi connectivity index (χ1) is 8.87. The molecular weight excluding hydrogens is 261 g/mol. The zero-order valence-electron chi connectivity index (χ0n) is 10.0. The molecule has 1 saturated carbocycles. The molecule has 104 valence electrons. The van der Waals surface area contributed by atoms with Crippen LogP contribution in [0.1, 0.15) is 34.6 Å². The number of amides is 1. The number of hydrogen-bond donors (Lipinski definition) is 2. The summed E-state index contributed by atoms with van der Waals surface area (Å²) in [5, 5.41) is 6.89. The Kier molecular flexibility index (Phi) is 2.44. The Balaban J connectivity index is 2.15. The average Bonchev–Trinajstić information content (AvgIpc) is 3.04. The summed E-state index contributed by atoms with van der Waals surface area (Å²) < 4.78 is 40.5. The Bertz CT molecular complexity index is 545. The third-order valence-corrected chi connectivity index (χ3v) is 3.82. The molecule has 2 aliphatic rings. The van der Waals surface area contributed by atoms with E-state index in [0.717, 1.165) is 4.68 Å². The Morgan fingerprint density at radius 1 is 1.42 bits per heavy atom. The number of hydrogen-bond acceptors (Lipinski definition) is 3. The Hall–Kier alpha value is -1.57. The summed E-state index contributed by atoms with van der Waals surface area (Å²) in [6, 6.07) is 0. The molecular formula is C11H13F3N4O. The van der Waals surface area contributed by atoms with Gasteiger partial charge in [-0.1, -0.05) is 0 Å². The summed E-state index contributed by atoms with van der Waals surface area (Å²) in [5.74, 6) is -0.781. The number of nitrogens with zero attached hydrogens (tertiary/aromatic N) is 2. The highest BCUT2D eigenvalue weighted by molar-refractivity contribution is 5.92. The molecule has 0 unspecified atom stereocenters. The van der Waals surface area contributed by atoms with E-state index in [1.165, 1.54) is 0 Å². The highest BCUT2D eigenvalue weighted by atomic mass is 19.4. The number of nitrogens with two attached hydrogens (primary N) is 1. The van der Waals surface area contributed by atoms with E-state index < -0.39 is 17.6 Å². The van der Waals surface area contributed by atoms with Gasteiger partial charge >= 0.3 is 6.18 Å². The van der Waals surface area contributed by atoms with E-state index in [1.807, 2.05) is 0 Å². The fourth-order valence-electron chi connectivity index (χ4n) is 2.63. The van der Waals surface area contributed by atoms with Gasteiger partial charge in [0.25, 0.3) is 5.91 Å². The van der Waals surface area contributed by atoms with Crippen LogP contribution in [0, 0.1) is 0 Å². The van der Waals surface area contributed by atoms with Gasteiger partial charge in [0.15, 0.2) is 11.2 Å². The number of carbonyl (C=O) groups is 1. The quantitative estimate of drug-likeness (QED) is 0.833. The van der Waals surface area contributed by atoms with Gasteiger partial charge in [-0.2, -0.15) is 18.3 Å². The van der Waals surface area contributed by atoms with Crippen molar-refractivity contribution in [2.75, 3.05) is 6.54 Å². The van der Waals surface area contributed by atoms with Crippen molar-refractivity contribution in [2.24, 2.45) is 5.73 Å². The number of primary amides is 1. The zero-order chi connectivity index (χ0) is 13.8. The van der Waals surface area contributed by atoms with Gasteiger partial charge in [-0.05, 0) is 12.8 Å². The smallest absolute Gasteiger partial charge is 0.364 e. The predicted molar refractivity (Wildman–Crippen MR) is 59.4 cm³/mol. The number of alkyl halides is 3. The van der Waals surface area contributed by atoms with Crippen molar-refractivity contribution in [3.05, 3.63) is 17.0 Å². The number of rotatable bonds is 2. The van der Waals surface area contributed by atoms with Crippen LogP contribution in [0.3, 0.4) is 0 Å². The second-order valence-electron chi connectivity index (χ2n) is 5.01. The fourth-order valence-corrected chi connectivity index (χ4v) is 2.63. The molecule has 1 fully saturated rings. The number of fused-ring (bicyclic) bond motifs is 1. The first-order valence-electron chi connectivity index (χ1n) is 6.05. The van der Waals surface area contributed by atoms with E-state index in [2.05, 4.69) is 10.4 Å². The van der Waals surface area contributed by atoms with Gasteiger partial charge in [0.1, 0.15) is 0 Å². The maximum Gasteiger partial charge on any atom is 0.413 e. The largest absolute Gasteiger partial charge is 0.413 e. The number of aromatic nitrogens is 2. The summed E-state index contributed by atoms with van der Waals surface area (Å²) in [6.45, 7) is 0.909. The first kappa shape index (κ1) is 12.5. The van der Waals surface area contributed by atoms with Gasteiger partial charge in [0.2, 0.25) is 0 Å². The van der Waals surface area contributed by atoms with Crippen molar-refractivity contribution in [1.82, 2.24) is 15.1 Å². The summed E-state index contributed by atoms with van der Waals surface area (Å²) in [4.78, 5) is 11.3. The minimum absolute atomic E-state index is 0.0102. The van der Waals surface area contributed by atoms with E-state index in [-0.39, 0.29) is 18.5 Å². The second-order valence-corrected chi connectivity index (χ2v) is 5.01. The van der Waals surface area contributed by atoms with Gasteiger partial charge in [-0.15, -0.1) is 0 Å². The molecule has 1 aliphatic carbocycles. The van der Waals surface area contributed by atoms with Crippen molar-refractivity contribution >= 4 is 5.91 Å². The summed E-state index contributed by atoms with van der Waals surface area (Å²) in [7, 11) is 0. The van der Waals surface area contributed by atoms with Gasteiger partial charge in [0.05, 0.1) is 0 Å². The Morgan fingerprint density at radius 3 is 2.63 bits per heavy atom. The molecule has 2 heterocycles. The highest BCUT2D eigenvalue weighted by Crippen LogP contribution is 2.56. The molecule has 0 radical (unpaired) electrons. The lowest BCUT2D eigenvalue weighted by Crippen LogP contribution is -2.38. The standard InChI is InChI=1S/C11H13F3N4O/c12-11(13,14)10(2-3-10)18-7-1-4-16-5-6(7)8(17-18)9(15)19/h16H,1-5H2,(H2,15,19). The third-order valence-electron chi connectivity index (χ3n) is 3.82. The molecule has 3 rings (SSSR count). The van der Waals surface area contributed by atoms with Crippen LogP contribution in [0.2, 0.25) is 0 Å². The minimum Gasteiger partial charge on any atom is -0.364 e. The van der Waals surface area contributed by atoms with Gasteiger partial charge in [0, 0.05) is 30.8 Å². The first-order valence-corrected chi connectivity index (χ1v) is 6.05. The lowest BCUT2D eigenvalue weighted by molar-refractivity contribution is -0.183. The predicted octanol–water partition coefficient (Wildman–Crippen LogP) is 0.679. The summed E-state index contributed by atoms with van der Waals surface area (Å²) in [5.41, 5.74) is 4.22. The molecule has 1 amide bonds. The maximum absolute atomic E-state index is 13.2. The summed E-state index contributed by atoms with van der Waals surface area (Å²) >= 11 is 0. The molecule has 0 aromatic carbocycles. The van der Waals surface area contributed by atoms with Crippen LogP contribution >= 0.6 is 0 Å². The molecule has 19 heavy (non-hydrogen) atoms. The molecule has 0 saturated heterocycles. The van der Waals surface area contributed by atoms with Crippen LogP contribution in [0.15, 0.2) is 0 Å². The monoisotopic (exact) mass is 274 g/mol. The minimum atomic E-state index is -4.35. The van der Waals surface area contributed by atoms with Crippen LogP contribution in [-0.4, -0.2) is 28.4 Å². The number of nitrogens with one attached hydrogen (secondary N) is 1. The average molecular weight is 274 g/mol. The molecule has 0 atom stereocenters. The molecule has 1 aromatic heterocycles. The van der Waals surface area contributed by atoms with Crippen molar-refractivity contribution in [3.8, 4) is 0 Å². The summed E-state index contributed by atoms with van der Waals surface area (Å²) in [6.07, 6.45) is -3.91. The SMILES string of the molecule is NC(=O)c1nn(C2(C(F)(F)F)CC2)c2c1CNCC2. The van der Waals surface area contributed by atoms with E-state index in [1.54, 1.807) is 0 Å². The van der Waals surface area contributed by atoms with Crippen molar-refractivity contribution < 1.29 is 18.0 Å². The highest BCUT2D eigenvalue weighted by Gasteiger charge is 2.66. The second kappa shape index (κ2) is 3.72. The zero-order valence-corrected chi connectivity index (χ0v) is 10.0. The van der Waals surface area contributed by atoms with Crippen molar-refractivity contribution in [1.29, 1.82) is 0 Å². The van der Waals surface area contributed by atoms with E-state index in [9.17, 15) is 18.0 Å². The lowest BCUT2D eigenvalue weighted by Gasteiger charge is -2.24. The molecule has 0 bridgehead atoms. The molecule has 0 spiro atoms. The molecule has 8 heteroatoms. The van der Waals surface area contributed by atoms with Crippen molar-refractivity contribution in [3.63, 3.8) is 0 Å². The lowest BCUT2D eigenvalue weighted by atomic mass is 10.1. The van der Waals surface area contributed by atoms with Gasteiger partial charge in [-0.25, -0.2) is 0 Å². The number of carbonyl (C=O) groups excluding carboxylic acids is 1. The maximum atomic E-state index is 13.2. The van der Waals surface area contributed by atoms with E-state index in [0.29, 0.717) is 30.8 Å². The normalized spacial score (nSPS) is 21.0. The van der Waals surface area contributed by atoms with Crippen LogP contribution in [0.5, 0.6) is 0 Å². The van der Waals surface area contributed by atoms with E-state index in [4.69, 9.17) is 5.73 Å². The van der Waals surface area contributed by atoms with Crippen LogP contribution in [0.4, 0.5) is 13.2 Å². The topological polar surface area (TPSA) is 72.9 Å². The van der Waals surface area contributed by atoms with Crippen LogP contribution in [-0.2, 0) is 18.5 Å². The number of halogens is 3. The molecule has 1 aliphatic heterocycles. The van der Waals surface area contributed by atoms with Gasteiger partial charge < -0.3 is 11.1 Å². The van der Waals surface area contributed by atoms with E-state index >= 15 is 0 Å². The Labute approximate surface area is 106 Å². The molecule has 3 N–H and O–H groups in total. The van der Waals surface area contributed by atoms with Crippen LogP contribution in [0.25, 0.3) is 0 Å². The van der Waals surface area contributed by atoms with Crippen LogP contribution < -0.4 is 11.1 Å². The Morgan fingerprint density at radius 2 is 2.11 bits per heavy atom. The third kappa shape index (κ3) is 1.66. The van der Waals surface area contributed by atoms with Crippen molar-refractivity contribution in [2.45, 2.75) is 37.5 Å².